The molecule has 0 spiro atoms. The number of ether oxygens (including phenoxy) is 1. The Bertz CT molecular complexity index is 2060. The van der Waals surface area contributed by atoms with Gasteiger partial charge in [0.25, 0.3) is 5.91 Å². The number of hydrogen-bond donors (Lipinski definition) is 2. The highest BCUT2D eigenvalue weighted by atomic mass is 19.1. The molecular weight excluding hydrogens is 694 g/mol. The number of amides is 2. The summed E-state index contributed by atoms with van der Waals surface area (Å²) in [7, 11) is 0. The van der Waals surface area contributed by atoms with Crippen LogP contribution in [0.3, 0.4) is 0 Å². The number of aromatic hydroxyl groups is 1. The maximum atomic E-state index is 13.8. The average Bonchev–Trinajstić information content (AvgIpc) is 3.52. The van der Waals surface area contributed by atoms with E-state index >= 15 is 0 Å². The summed E-state index contributed by atoms with van der Waals surface area (Å²) in [5.41, 5.74) is 7.36. The molecule has 10 heteroatoms. The Morgan fingerprint density at radius 3 is 2.38 bits per heavy atom. The van der Waals surface area contributed by atoms with Crippen molar-refractivity contribution in [1.82, 2.24) is 15.1 Å². The topological polar surface area (TPSA) is 88.6 Å². The molecule has 0 saturated carbocycles. The third kappa shape index (κ3) is 7.40. The first kappa shape index (κ1) is 36.6. The zero-order valence-electron chi connectivity index (χ0n) is 31.6. The summed E-state index contributed by atoms with van der Waals surface area (Å²) in [4.78, 5) is 34.7. The minimum absolute atomic E-state index is 0.0583. The molecule has 2 saturated heterocycles. The zero-order valence-corrected chi connectivity index (χ0v) is 31.6. The van der Waals surface area contributed by atoms with E-state index in [1.165, 1.54) is 12.1 Å². The van der Waals surface area contributed by atoms with E-state index in [1.807, 2.05) is 42.5 Å². The summed E-state index contributed by atoms with van der Waals surface area (Å²) in [5.74, 6) is 0.659. The van der Waals surface area contributed by atoms with Crippen LogP contribution in [0.5, 0.6) is 11.5 Å². The molecule has 0 aromatic heterocycles. The highest BCUT2D eigenvalue weighted by molar-refractivity contribution is 6.01. The van der Waals surface area contributed by atoms with Crippen LogP contribution >= 0.6 is 0 Å². The number of nitrogens with one attached hydrogen (secondary N) is 1. The first-order valence-electron chi connectivity index (χ1n) is 19.7. The van der Waals surface area contributed by atoms with Gasteiger partial charge in [-0.05, 0) is 141 Å². The van der Waals surface area contributed by atoms with Crippen molar-refractivity contribution >= 4 is 23.2 Å². The number of unbranched alkanes of at least 4 members (excludes halogenated alkanes) is 2. The van der Waals surface area contributed by atoms with E-state index in [9.17, 15) is 19.1 Å². The van der Waals surface area contributed by atoms with Crippen LogP contribution in [0.15, 0.2) is 97.2 Å². The van der Waals surface area contributed by atoms with Crippen molar-refractivity contribution in [3.05, 3.63) is 131 Å². The first-order valence-corrected chi connectivity index (χ1v) is 19.7. The van der Waals surface area contributed by atoms with Crippen LogP contribution in [0.4, 0.5) is 15.8 Å². The van der Waals surface area contributed by atoms with Crippen molar-refractivity contribution in [2.24, 2.45) is 0 Å². The molecule has 2 N–H and O–H groups in total. The van der Waals surface area contributed by atoms with E-state index < -0.39 is 11.6 Å². The number of phenolic OH excluding ortho intramolecular Hbond substituents is 1. The van der Waals surface area contributed by atoms with Gasteiger partial charge in [-0.3, -0.25) is 14.5 Å². The number of piperazine rings is 1. The maximum absolute atomic E-state index is 13.8. The van der Waals surface area contributed by atoms with E-state index in [-0.39, 0.29) is 23.4 Å². The smallest absolute Gasteiger partial charge is 0.255 e. The van der Waals surface area contributed by atoms with Gasteiger partial charge in [-0.1, -0.05) is 24.8 Å². The molecule has 55 heavy (non-hydrogen) atoms. The number of piperidine rings is 1. The lowest BCUT2D eigenvalue weighted by Crippen LogP contribution is -2.49. The van der Waals surface area contributed by atoms with Crippen molar-refractivity contribution in [2.75, 3.05) is 55.7 Å². The summed E-state index contributed by atoms with van der Waals surface area (Å²) in [6.07, 6.45) is 5.29. The lowest BCUT2D eigenvalue weighted by Gasteiger charge is -2.48. The van der Waals surface area contributed by atoms with Crippen LogP contribution in [0, 0.1) is 5.82 Å². The van der Waals surface area contributed by atoms with Crippen LogP contribution in [0.2, 0.25) is 0 Å². The molecule has 9 nitrogen and oxygen atoms in total. The predicted molar refractivity (Wildman–Crippen MR) is 213 cm³/mol. The summed E-state index contributed by atoms with van der Waals surface area (Å²) in [6, 6.07) is 26.3. The lowest BCUT2D eigenvalue weighted by atomic mass is 9.76. The Labute approximate surface area is 323 Å². The summed E-state index contributed by atoms with van der Waals surface area (Å²) in [6.45, 7) is 12.9. The second-order valence-corrected chi connectivity index (χ2v) is 15.5. The molecule has 2 fully saturated rings. The summed E-state index contributed by atoms with van der Waals surface area (Å²) >= 11 is 0. The van der Waals surface area contributed by atoms with Gasteiger partial charge in [-0.2, -0.15) is 0 Å². The number of carbonyl (C=O) groups is 2. The molecule has 4 aromatic carbocycles. The third-order valence-corrected chi connectivity index (χ3v) is 12.1. The zero-order chi connectivity index (χ0) is 38.1. The highest BCUT2D eigenvalue weighted by Crippen LogP contribution is 2.44. The number of halogens is 1. The van der Waals surface area contributed by atoms with Crippen molar-refractivity contribution in [2.45, 2.75) is 63.6 Å². The van der Waals surface area contributed by atoms with Gasteiger partial charge in [0.2, 0.25) is 5.91 Å². The molecule has 0 bridgehead atoms. The molecule has 2 atom stereocenters. The number of allylic oxidation sites excluding steroid dienone is 1. The number of rotatable bonds is 11. The fraction of sp³-hybridized carbons (Fsp3) is 0.378. The summed E-state index contributed by atoms with van der Waals surface area (Å²) < 4.78 is 20.0. The molecule has 4 heterocycles. The van der Waals surface area contributed by atoms with E-state index in [2.05, 4.69) is 57.8 Å². The van der Waals surface area contributed by atoms with Crippen LogP contribution in [-0.4, -0.2) is 78.6 Å². The number of hydrogen-bond acceptors (Lipinski definition) is 7. The molecule has 286 valence electrons. The van der Waals surface area contributed by atoms with E-state index in [0.29, 0.717) is 31.6 Å². The third-order valence-electron chi connectivity index (χ3n) is 12.1. The normalized spacial score (nSPS) is 21.4. The second kappa shape index (κ2) is 15.4. The molecule has 2 unspecified atom stereocenters. The predicted octanol–water partition coefficient (Wildman–Crippen LogP) is 6.98. The number of anilines is 2. The Balaban J connectivity index is 0.790. The van der Waals surface area contributed by atoms with Gasteiger partial charge >= 0.3 is 0 Å². The standard InChI is InChI=1S/C45H50FN5O4/c1-31-6-19-42(43(53)47-31)50-30-33-28-37(13-17-40(33)44(50)54)49-25-23-48(24-26-49)21-4-3-5-27-55-39-15-7-34(8-16-39)45(2)41-18-14-38(52)29-32(41)20-22-51(45)36-11-9-35(46)10-12-36/h7-18,28-29,42,52H,1,3-6,19-27,30H2,2H3,(H,47,53). The minimum Gasteiger partial charge on any atom is -0.508 e. The van der Waals surface area contributed by atoms with Crippen molar-refractivity contribution in [1.29, 1.82) is 0 Å². The van der Waals surface area contributed by atoms with Gasteiger partial charge < -0.3 is 29.9 Å². The molecule has 4 aromatic rings. The largest absolute Gasteiger partial charge is 0.508 e. The van der Waals surface area contributed by atoms with E-state index in [1.54, 1.807) is 11.0 Å². The van der Waals surface area contributed by atoms with Gasteiger partial charge in [0, 0.05) is 61.9 Å². The Kier molecular flexibility index (Phi) is 10.3. The number of fused-ring (bicyclic) bond motifs is 2. The number of nitrogens with zero attached hydrogens (tertiary/aromatic N) is 4. The average molecular weight is 744 g/mol. The number of benzene rings is 4. The van der Waals surface area contributed by atoms with Gasteiger partial charge in [-0.25, -0.2) is 4.39 Å². The van der Waals surface area contributed by atoms with Crippen molar-refractivity contribution in [3.63, 3.8) is 0 Å². The van der Waals surface area contributed by atoms with E-state index in [4.69, 9.17) is 4.74 Å². The Morgan fingerprint density at radius 1 is 0.855 bits per heavy atom. The van der Waals surface area contributed by atoms with Gasteiger partial charge in [0.05, 0.1) is 12.1 Å². The quantitative estimate of drug-likeness (QED) is 0.161. The SMILES string of the molecule is C=C1CCC(N2Cc3cc(N4CCN(CCCCCOc5ccc(C6(C)c7ccc(O)cc7CCN6c6ccc(F)cc6)cc5)CC4)ccc3C2=O)C(=O)N1. The highest BCUT2D eigenvalue weighted by Gasteiger charge is 2.41. The first-order chi connectivity index (χ1) is 26.7. The lowest BCUT2D eigenvalue weighted by molar-refractivity contribution is -0.126. The molecular formula is C45H50FN5O4. The number of carbonyl (C=O) groups excluding carboxylic acids is 2. The summed E-state index contributed by atoms with van der Waals surface area (Å²) in [5, 5.41) is 13.0. The van der Waals surface area contributed by atoms with E-state index in [0.717, 1.165) is 110 Å². The van der Waals surface area contributed by atoms with Crippen LogP contribution in [0.1, 0.15) is 71.6 Å². The maximum Gasteiger partial charge on any atom is 0.255 e. The minimum atomic E-state index is -0.515. The van der Waals surface area contributed by atoms with Crippen molar-refractivity contribution in [3.8, 4) is 11.5 Å². The number of phenols is 1. The fourth-order valence-corrected chi connectivity index (χ4v) is 8.93. The van der Waals surface area contributed by atoms with Crippen LogP contribution < -0.4 is 19.9 Å². The second-order valence-electron chi connectivity index (χ2n) is 15.5. The van der Waals surface area contributed by atoms with Crippen LogP contribution in [0.25, 0.3) is 0 Å². The molecule has 8 rings (SSSR count). The van der Waals surface area contributed by atoms with Crippen molar-refractivity contribution < 1.29 is 23.8 Å². The monoisotopic (exact) mass is 743 g/mol. The fourth-order valence-electron chi connectivity index (χ4n) is 8.93. The van der Waals surface area contributed by atoms with Gasteiger partial charge in [-0.15, -0.1) is 0 Å². The van der Waals surface area contributed by atoms with Gasteiger partial charge in [0.15, 0.2) is 0 Å². The molecule has 0 aliphatic carbocycles. The molecule has 0 radical (unpaired) electrons. The van der Waals surface area contributed by atoms with Gasteiger partial charge in [0.1, 0.15) is 23.4 Å². The Morgan fingerprint density at radius 2 is 1.62 bits per heavy atom. The Hall–Kier alpha value is -5.35. The molecule has 4 aliphatic heterocycles. The van der Waals surface area contributed by atoms with Crippen LogP contribution in [-0.2, 0) is 23.3 Å². The molecule has 4 aliphatic rings. The molecule has 2 amide bonds.